The van der Waals surface area contributed by atoms with E-state index in [0.29, 0.717) is 0 Å². The lowest BCUT2D eigenvalue weighted by molar-refractivity contribution is 0.0691. The molecule has 10 heteroatoms. The van der Waals surface area contributed by atoms with E-state index in [-0.39, 0.29) is 22.3 Å². The maximum Gasteiger partial charge on any atom is 0.355 e. The van der Waals surface area contributed by atoms with Crippen LogP contribution in [-0.4, -0.2) is 24.5 Å². The van der Waals surface area contributed by atoms with Crippen LogP contribution in [0, 0.1) is 5.82 Å². The van der Waals surface area contributed by atoms with Crippen molar-refractivity contribution in [1.82, 2.24) is 9.71 Å². The van der Waals surface area contributed by atoms with Gasteiger partial charge in [-0.15, -0.1) is 11.3 Å². The van der Waals surface area contributed by atoms with E-state index in [2.05, 4.69) is 9.71 Å². The van der Waals surface area contributed by atoms with Gasteiger partial charge in [-0.1, -0.05) is 11.6 Å². The smallest absolute Gasteiger partial charge is 0.355 e. The third-order valence-corrected chi connectivity index (χ3v) is 4.89. The molecule has 0 aliphatic rings. The number of carbonyl (C=O) groups is 1. The van der Waals surface area contributed by atoms with Gasteiger partial charge >= 0.3 is 5.97 Å². The van der Waals surface area contributed by atoms with Crippen LogP contribution in [0.15, 0.2) is 28.5 Å². The van der Waals surface area contributed by atoms with Gasteiger partial charge in [0.05, 0.1) is 6.54 Å². The van der Waals surface area contributed by atoms with Crippen LogP contribution >= 0.6 is 22.9 Å². The van der Waals surface area contributed by atoms with Gasteiger partial charge in [-0.25, -0.2) is 27.3 Å². The maximum atomic E-state index is 13.6. The summed E-state index contributed by atoms with van der Waals surface area (Å²) in [6.45, 7) is -0.234. The summed E-state index contributed by atoms with van der Waals surface area (Å²) in [5.74, 6) is -2.18. The van der Waals surface area contributed by atoms with Crippen molar-refractivity contribution in [3.05, 3.63) is 45.1 Å². The highest BCUT2D eigenvalue weighted by Crippen LogP contribution is 2.19. The lowest BCUT2D eigenvalue weighted by Gasteiger charge is -2.06. The Hall–Kier alpha value is -1.55. The zero-order valence-electron chi connectivity index (χ0n) is 10.2. The third kappa shape index (κ3) is 3.76. The molecule has 2 aromatic rings. The van der Waals surface area contributed by atoms with Gasteiger partial charge in [-0.2, -0.15) is 0 Å². The molecular weight excluding hydrogens is 343 g/mol. The normalized spacial score (nSPS) is 11.5. The van der Waals surface area contributed by atoms with Crippen molar-refractivity contribution in [3.63, 3.8) is 0 Å². The van der Waals surface area contributed by atoms with E-state index in [9.17, 15) is 17.6 Å². The van der Waals surface area contributed by atoms with Crippen molar-refractivity contribution in [3.8, 4) is 0 Å². The molecule has 1 aromatic carbocycles. The molecule has 6 nitrogen and oxygen atoms in total. The summed E-state index contributed by atoms with van der Waals surface area (Å²) in [6.07, 6.45) is 0. The molecule has 0 fully saturated rings. The average molecular weight is 351 g/mol. The van der Waals surface area contributed by atoms with Crippen molar-refractivity contribution >= 4 is 38.9 Å². The summed E-state index contributed by atoms with van der Waals surface area (Å²) >= 11 is 6.54. The van der Waals surface area contributed by atoms with Crippen LogP contribution in [0.25, 0.3) is 0 Å². The minimum Gasteiger partial charge on any atom is -0.476 e. The molecule has 0 spiro atoms. The molecule has 2 rings (SSSR count). The quantitative estimate of drug-likeness (QED) is 0.861. The largest absolute Gasteiger partial charge is 0.476 e. The number of aromatic nitrogens is 1. The summed E-state index contributed by atoms with van der Waals surface area (Å²) in [5.41, 5.74) is -0.174. The number of halogens is 2. The second kappa shape index (κ2) is 6.06. The van der Waals surface area contributed by atoms with Gasteiger partial charge in [0.25, 0.3) is 0 Å². The Balaban J connectivity index is 2.15. The zero-order chi connectivity index (χ0) is 15.6. The second-order valence-corrected chi connectivity index (χ2v) is 6.95. The van der Waals surface area contributed by atoms with Gasteiger partial charge < -0.3 is 5.11 Å². The number of carboxylic acid groups (broad SMARTS) is 1. The molecule has 0 saturated carbocycles. The summed E-state index contributed by atoms with van der Waals surface area (Å²) in [6, 6.07) is 3.19. The molecule has 0 unspecified atom stereocenters. The Kier molecular flexibility index (Phi) is 4.57. The fraction of sp³-hybridized carbons (Fsp3) is 0.0909. The van der Waals surface area contributed by atoms with Crippen LogP contribution in [0.3, 0.4) is 0 Å². The second-order valence-electron chi connectivity index (χ2n) is 3.83. The van der Waals surface area contributed by atoms with Crippen LogP contribution in [-0.2, 0) is 16.6 Å². The van der Waals surface area contributed by atoms with Gasteiger partial charge in [0.1, 0.15) is 15.7 Å². The first-order valence-corrected chi connectivity index (χ1v) is 8.16. The zero-order valence-corrected chi connectivity index (χ0v) is 12.6. The van der Waals surface area contributed by atoms with Crippen molar-refractivity contribution in [2.24, 2.45) is 0 Å². The fourth-order valence-corrected chi connectivity index (χ4v) is 3.42. The Morgan fingerprint density at radius 2 is 2.19 bits per heavy atom. The third-order valence-electron chi connectivity index (χ3n) is 2.37. The van der Waals surface area contributed by atoms with E-state index < -0.39 is 26.7 Å². The molecule has 2 N–H and O–H groups in total. The molecule has 21 heavy (non-hydrogen) atoms. The number of benzene rings is 1. The number of rotatable bonds is 5. The number of aromatic carboxylic acids is 1. The van der Waals surface area contributed by atoms with E-state index in [1.807, 2.05) is 0 Å². The summed E-state index contributed by atoms with van der Waals surface area (Å²) in [7, 11) is -4.08. The minimum atomic E-state index is -4.08. The molecule has 112 valence electrons. The Bertz CT molecular complexity index is 791. The SMILES string of the molecule is O=C(O)c1csc(CNS(=O)(=O)c2ccc(Cl)cc2F)n1. The van der Waals surface area contributed by atoms with Crippen LogP contribution in [0.1, 0.15) is 15.5 Å². The molecule has 0 bridgehead atoms. The highest BCUT2D eigenvalue weighted by molar-refractivity contribution is 7.89. The maximum absolute atomic E-state index is 13.6. The molecule has 0 aliphatic heterocycles. The van der Waals surface area contributed by atoms with E-state index in [1.165, 1.54) is 11.4 Å². The van der Waals surface area contributed by atoms with Crippen LogP contribution in [0.4, 0.5) is 4.39 Å². The summed E-state index contributed by atoms with van der Waals surface area (Å²) in [4.78, 5) is 13.8. The van der Waals surface area contributed by atoms with Gasteiger partial charge in [-0.05, 0) is 18.2 Å². The van der Waals surface area contributed by atoms with Crippen LogP contribution in [0.2, 0.25) is 5.02 Å². The van der Waals surface area contributed by atoms with Crippen molar-refractivity contribution < 1.29 is 22.7 Å². The average Bonchev–Trinajstić information content (AvgIpc) is 2.85. The number of nitrogens with zero attached hydrogens (tertiary/aromatic N) is 1. The van der Waals surface area contributed by atoms with Crippen molar-refractivity contribution in [2.75, 3.05) is 0 Å². The number of nitrogens with one attached hydrogen (secondary N) is 1. The van der Waals surface area contributed by atoms with E-state index in [4.69, 9.17) is 16.7 Å². The minimum absolute atomic E-state index is 0.0810. The lowest BCUT2D eigenvalue weighted by Crippen LogP contribution is -2.24. The van der Waals surface area contributed by atoms with Gasteiger partial charge in [0, 0.05) is 10.4 Å². The Morgan fingerprint density at radius 1 is 1.48 bits per heavy atom. The standard InChI is InChI=1S/C11H8ClFN2O4S2/c12-6-1-2-9(7(13)3-6)21(18,19)14-4-10-15-8(5-20-10)11(16)17/h1-3,5,14H,4H2,(H,16,17). The summed E-state index contributed by atoms with van der Waals surface area (Å²) < 4.78 is 39.6. The fourth-order valence-electron chi connectivity index (χ4n) is 1.42. The first-order chi connectivity index (χ1) is 9.79. The Labute approximate surface area is 128 Å². The van der Waals surface area contributed by atoms with Crippen LogP contribution < -0.4 is 4.72 Å². The molecule has 0 aliphatic carbocycles. The molecule has 0 saturated heterocycles. The molecule has 0 radical (unpaired) electrons. The van der Waals surface area contributed by atoms with E-state index in [1.54, 1.807) is 0 Å². The van der Waals surface area contributed by atoms with Gasteiger partial charge in [0.2, 0.25) is 10.0 Å². The predicted molar refractivity (Wildman–Crippen MR) is 74.5 cm³/mol. The number of hydrogen-bond donors (Lipinski definition) is 2. The van der Waals surface area contributed by atoms with E-state index in [0.717, 1.165) is 23.5 Å². The first kappa shape index (κ1) is 15.8. The number of sulfonamides is 1. The molecule has 1 heterocycles. The first-order valence-electron chi connectivity index (χ1n) is 5.42. The highest BCUT2D eigenvalue weighted by atomic mass is 35.5. The van der Waals surface area contributed by atoms with Crippen LogP contribution in [0.5, 0.6) is 0 Å². The lowest BCUT2D eigenvalue weighted by atomic mass is 10.3. The predicted octanol–water partition coefficient (Wildman–Crippen LogP) is 2.11. The molecule has 0 amide bonds. The van der Waals surface area contributed by atoms with Gasteiger partial charge in [-0.3, -0.25) is 0 Å². The molecular formula is C11H8ClFN2O4S2. The number of hydrogen-bond acceptors (Lipinski definition) is 5. The molecule has 0 atom stereocenters. The highest BCUT2D eigenvalue weighted by Gasteiger charge is 2.20. The number of thiazole rings is 1. The van der Waals surface area contributed by atoms with E-state index >= 15 is 0 Å². The number of carboxylic acids is 1. The van der Waals surface area contributed by atoms with Crippen molar-refractivity contribution in [1.29, 1.82) is 0 Å². The monoisotopic (exact) mass is 350 g/mol. The van der Waals surface area contributed by atoms with Gasteiger partial charge in [0.15, 0.2) is 5.69 Å². The Morgan fingerprint density at radius 3 is 2.76 bits per heavy atom. The summed E-state index contributed by atoms with van der Waals surface area (Å²) in [5, 5.41) is 10.3. The molecule has 1 aromatic heterocycles. The topological polar surface area (TPSA) is 96.4 Å². The van der Waals surface area contributed by atoms with Crippen molar-refractivity contribution in [2.45, 2.75) is 11.4 Å².